The molecular formula is C4H11FNO5P. The second-order valence-electron chi connectivity index (χ2n) is 2.06. The Morgan fingerprint density at radius 1 is 1.67 bits per heavy atom. The maximum absolute atomic E-state index is 11.2. The summed E-state index contributed by atoms with van der Waals surface area (Å²) in [6, 6.07) is 0. The standard InChI is InChI=1S/C4H11FNO5P/c1-4(2-10-3-6-5)11-12(7,8)9/h4,6H,2-3H2,1H3,(H2,7,8,9). The van der Waals surface area contributed by atoms with Crippen LogP contribution >= 0.6 is 7.82 Å². The van der Waals surface area contributed by atoms with Crippen LogP contribution < -0.4 is 5.54 Å². The minimum Gasteiger partial charge on any atom is -0.361 e. The first-order valence-electron chi connectivity index (χ1n) is 3.11. The predicted octanol–water partition coefficient (Wildman–Crippen LogP) is -0.0676. The van der Waals surface area contributed by atoms with Gasteiger partial charge in [-0.05, 0) is 6.92 Å². The Labute approximate surface area is 68.8 Å². The molecule has 0 radical (unpaired) electrons. The molecule has 0 aromatic heterocycles. The monoisotopic (exact) mass is 203 g/mol. The van der Waals surface area contributed by atoms with E-state index < -0.39 is 13.9 Å². The molecule has 0 aromatic carbocycles. The Hall–Kier alpha value is -0.0400. The van der Waals surface area contributed by atoms with E-state index in [1.807, 2.05) is 0 Å². The van der Waals surface area contributed by atoms with E-state index in [9.17, 15) is 9.05 Å². The van der Waals surface area contributed by atoms with E-state index in [4.69, 9.17) is 9.79 Å². The van der Waals surface area contributed by atoms with E-state index >= 15 is 0 Å². The molecular weight excluding hydrogens is 192 g/mol. The van der Waals surface area contributed by atoms with E-state index in [2.05, 4.69) is 9.26 Å². The lowest BCUT2D eigenvalue weighted by Gasteiger charge is -2.12. The molecule has 0 saturated carbocycles. The molecule has 0 rings (SSSR count). The Bertz CT molecular complexity index is 162. The number of phosphoric acid groups is 1. The minimum absolute atomic E-state index is 0.0952. The number of nitrogens with one attached hydrogen (secondary N) is 1. The highest BCUT2D eigenvalue weighted by Gasteiger charge is 2.18. The Balaban J connectivity index is 3.46. The maximum Gasteiger partial charge on any atom is 0.469 e. The van der Waals surface area contributed by atoms with Crippen LogP contribution in [0.2, 0.25) is 0 Å². The zero-order valence-electron chi connectivity index (χ0n) is 6.44. The maximum atomic E-state index is 11.2. The van der Waals surface area contributed by atoms with Crippen LogP contribution in [-0.2, 0) is 13.8 Å². The molecule has 1 unspecified atom stereocenters. The van der Waals surface area contributed by atoms with Crippen LogP contribution in [0, 0.1) is 0 Å². The summed E-state index contributed by atoms with van der Waals surface area (Å²) in [5.41, 5.74) is 1.21. The van der Waals surface area contributed by atoms with Crippen LogP contribution in [0.1, 0.15) is 6.92 Å². The van der Waals surface area contributed by atoms with E-state index in [1.54, 1.807) is 0 Å². The van der Waals surface area contributed by atoms with Gasteiger partial charge in [0.25, 0.3) is 0 Å². The molecule has 0 spiro atoms. The van der Waals surface area contributed by atoms with Crippen molar-refractivity contribution in [1.29, 1.82) is 0 Å². The van der Waals surface area contributed by atoms with Gasteiger partial charge in [0.15, 0.2) is 0 Å². The molecule has 1 atom stereocenters. The highest BCUT2D eigenvalue weighted by atomic mass is 31.2. The van der Waals surface area contributed by atoms with Gasteiger partial charge < -0.3 is 14.5 Å². The molecule has 0 aliphatic rings. The van der Waals surface area contributed by atoms with Crippen molar-refractivity contribution in [2.45, 2.75) is 13.0 Å². The van der Waals surface area contributed by atoms with Gasteiger partial charge in [-0.25, -0.2) is 4.57 Å². The summed E-state index contributed by atoms with van der Waals surface area (Å²) in [5, 5.41) is 0. The number of hydrogen-bond donors (Lipinski definition) is 3. The van der Waals surface area contributed by atoms with Crippen LogP contribution in [0.15, 0.2) is 0 Å². The zero-order chi connectivity index (χ0) is 9.61. The van der Waals surface area contributed by atoms with Crippen molar-refractivity contribution in [3.8, 4) is 0 Å². The molecule has 0 aromatic rings. The number of hydrogen-bond acceptors (Lipinski definition) is 4. The van der Waals surface area contributed by atoms with Crippen molar-refractivity contribution in [3.05, 3.63) is 0 Å². The minimum atomic E-state index is -4.46. The fraction of sp³-hybridized carbons (Fsp3) is 1.00. The number of rotatable bonds is 6. The fourth-order valence-corrected chi connectivity index (χ4v) is 1.06. The van der Waals surface area contributed by atoms with Gasteiger partial charge in [-0.1, -0.05) is 0 Å². The second kappa shape index (κ2) is 5.58. The lowest BCUT2D eigenvalue weighted by atomic mass is 10.4. The van der Waals surface area contributed by atoms with Gasteiger partial charge in [-0.15, -0.1) is 10.0 Å². The molecule has 0 aliphatic heterocycles. The number of phosphoric ester groups is 1. The van der Waals surface area contributed by atoms with Crippen LogP contribution in [0.25, 0.3) is 0 Å². The quantitative estimate of drug-likeness (QED) is 0.242. The highest BCUT2D eigenvalue weighted by molar-refractivity contribution is 7.46. The summed E-state index contributed by atoms with van der Waals surface area (Å²) >= 11 is 0. The summed E-state index contributed by atoms with van der Waals surface area (Å²) < 4.78 is 30.1. The van der Waals surface area contributed by atoms with Gasteiger partial charge in [0.2, 0.25) is 0 Å². The summed E-state index contributed by atoms with van der Waals surface area (Å²) in [7, 11) is -4.46. The lowest BCUT2D eigenvalue weighted by molar-refractivity contribution is 0.0146. The lowest BCUT2D eigenvalue weighted by Crippen LogP contribution is -2.18. The van der Waals surface area contributed by atoms with Crippen LogP contribution in [0.5, 0.6) is 0 Å². The molecule has 0 amide bonds. The Morgan fingerprint density at radius 2 is 2.25 bits per heavy atom. The van der Waals surface area contributed by atoms with E-state index in [1.165, 1.54) is 12.5 Å². The molecule has 12 heavy (non-hydrogen) atoms. The fourth-order valence-electron chi connectivity index (χ4n) is 0.528. The Morgan fingerprint density at radius 3 is 2.67 bits per heavy atom. The molecule has 6 nitrogen and oxygen atoms in total. The van der Waals surface area contributed by atoms with Crippen LogP contribution in [0.3, 0.4) is 0 Å². The Kier molecular flexibility index (Phi) is 5.56. The molecule has 0 aliphatic carbocycles. The van der Waals surface area contributed by atoms with E-state index in [0.29, 0.717) is 0 Å². The molecule has 0 fully saturated rings. The number of halogens is 1. The highest BCUT2D eigenvalue weighted by Crippen LogP contribution is 2.37. The van der Waals surface area contributed by atoms with Gasteiger partial charge in [-0.3, -0.25) is 4.52 Å². The van der Waals surface area contributed by atoms with Gasteiger partial charge in [0.1, 0.15) is 6.73 Å². The zero-order valence-corrected chi connectivity index (χ0v) is 7.33. The third kappa shape index (κ3) is 8.06. The molecule has 0 saturated heterocycles. The SMILES string of the molecule is CC(COCNF)OP(=O)(O)O. The summed E-state index contributed by atoms with van der Waals surface area (Å²) in [6.45, 7) is 0.966. The van der Waals surface area contributed by atoms with Crippen LogP contribution in [-0.4, -0.2) is 29.2 Å². The van der Waals surface area contributed by atoms with Gasteiger partial charge >= 0.3 is 7.82 Å². The summed E-state index contributed by atoms with van der Waals surface area (Å²) in [4.78, 5) is 16.6. The third-order valence-electron chi connectivity index (χ3n) is 0.826. The van der Waals surface area contributed by atoms with Crippen molar-refractivity contribution in [2.24, 2.45) is 0 Å². The average Bonchev–Trinajstić information content (AvgIpc) is 1.84. The van der Waals surface area contributed by atoms with Gasteiger partial charge in [0.05, 0.1) is 12.7 Å². The smallest absolute Gasteiger partial charge is 0.361 e. The normalized spacial score (nSPS) is 14.7. The number of ether oxygens (including phenoxy) is 1. The average molecular weight is 203 g/mol. The second-order valence-corrected chi connectivity index (χ2v) is 3.25. The predicted molar refractivity (Wildman–Crippen MR) is 37.7 cm³/mol. The summed E-state index contributed by atoms with van der Waals surface area (Å²) in [5.74, 6) is 0. The van der Waals surface area contributed by atoms with Gasteiger partial charge in [-0.2, -0.15) is 0 Å². The van der Waals surface area contributed by atoms with Crippen molar-refractivity contribution in [2.75, 3.05) is 13.3 Å². The molecule has 0 heterocycles. The molecule has 74 valence electrons. The molecule has 8 heteroatoms. The van der Waals surface area contributed by atoms with Crippen molar-refractivity contribution in [3.63, 3.8) is 0 Å². The topological polar surface area (TPSA) is 88.0 Å². The third-order valence-corrected chi connectivity index (χ3v) is 1.46. The first-order chi connectivity index (χ1) is 5.45. The largest absolute Gasteiger partial charge is 0.469 e. The van der Waals surface area contributed by atoms with E-state index in [-0.39, 0.29) is 13.3 Å². The summed E-state index contributed by atoms with van der Waals surface area (Å²) in [6.07, 6.45) is -0.779. The van der Waals surface area contributed by atoms with E-state index in [0.717, 1.165) is 0 Å². The first kappa shape index (κ1) is 12.0. The molecule has 3 N–H and O–H groups in total. The van der Waals surface area contributed by atoms with Crippen molar-refractivity contribution < 1.29 is 28.1 Å². The molecule has 0 bridgehead atoms. The van der Waals surface area contributed by atoms with Gasteiger partial charge in [0, 0.05) is 0 Å². The van der Waals surface area contributed by atoms with Crippen LogP contribution in [0.4, 0.5) is 4.48 Å². The first-order valence-corrected chi connectivity index (χ1v) is 4.64. The van der Waals surface area contributed by atoms with Crippen molar-refractivity contribution >= 4 is 7.82 Å². The van der Waals surface area contributed by atoms with Crippen molar-refractivity contribution in [1.82, 2.24) is 5.54 Å².